The third kappa shape index (κ3) is 3.69. The van der Waals surface area contributed by atoms with Crippen LogP contribution in [0.15, 0.2) is 58.4 Å². The summed E-state index contributed by atoms with van der Waals surface area (Å²) in [6.07, 6.45) is 1.66. The summed E-state index contributed by atoms with van der Waals surface area (Å²) in [5, 5.41) is 9.55. The molecule has 2 aromatic heterocycles. The highest BCUT2D eigenvalue weighted by Crippen LogP contribution is 2.14. The van der Waals surface area contributed by atoms with Gasteiger partial charge in [-0.15, -0.1) is 0 Å². The molecule has 0 bridgehead atoms. The second-order valence-electron chi connectivity index (χ2n) is 7.07. The fourth-order valence-electron chi connectivity index (χ4n) is 3.29. The SMILES string of the molecule is Cc1ccc(Cn2nc(C)c(C=Nn3c(=S)[nH]c4ccccc4c3=O)c2C)cc1. The van der Waals surface area contributed by atoms with Crippen LogP contribution in [0.1, 0.15) is 28.1 Å². The largest absolute Gasteiger partial charge is 0.330 e. The summed E-state index contributed by atoms with van der Waals surface area (Å²) in [6, 6.07) is 15.7. The number of hydrogen-bond acceptors (Lipinski definition) is 4. The van der Waals surface area contributed by atoms with Crippen LogP contribution in [0.2, 0.25) is 0 Å². The Labute approximate surface area is 173 Å². The van der Waals surface area contributed by atoms with Gasteiger partial charge in [-0.25, -0.2) is 0 Å². The van der Waals surface area contributed by atoms with Gasteiger partial charge in [-0.05, 0) is 50.7 Å². The van der Waals surface area contributed by atoms with Crippen molar-refractivity contribution in [2.24, 2.45) is 5.10 Å². The number of H-pyrrole nitrogens is 1. The molecule has 0 radical (unpaired) electrons. The van der Waals surface area contributed by atoms with Crippen LogP contribution in [0.4, 0.5) is 0 Å². The van der Waals surface area contributed by atoms with Crippen molar-refractivity contribution in [1.82, 2.24) is 19.4 Å². The van der Waals surface area contributed by atoms with Crippen LogP contribution in [-0.4, -0.2) is 25.7 Å². The Balaban J connectivity index is 1.70. The number of aromatic nitrogens is 4. The van der Waals surface area contributed by atoms with Gasteiger partial charge in [0.15, 0.2) is 0 Å². The predicted octanol–water partition coefficient (Wildman–Crippen LogP) is 4.11. The number of nitrogens with zero attached hydrogens (tertiary/aromatic N) is 4. The van der Waals surface area contributed by atoms with Crippen molar-refractivity contribution in [2.45, 2.75) is 27.3 Å². The molecule has 4 aromatic rings. The average Bonchev–Trinajstić information content (AvgIpc) is 2.96. The molecule has 0 unspecified atom stereocenters. The van der Waals surface area contributed by atoms with E-state index < -0.39 is 0 Å². The van der Waals surface area contributed by atoms with E-state index in [9.17, 15) is 4.79 Å². The number of aromatic amines is 1. The summed E-state index contributed by atoms with van der Waals surface area (Å²) in [5.41, 5.74) is 5.57. The maximum Gasteiger partial charge on any atom is 0.282 e. The molecular formula is C22H21N5OS. The Morgan fingerprint density at radius 1 is 1.10 bits per heavy atom. The third-order valence-corrected chi connectivity index (χ3v) is 5.25. The van der Waals surface area contributed by atoms with Gasteiger partial charge in [0, 0.05) is 11.3 Å². The molecule has 146 valence electrons. The number of aryl methyl sites for hydroxylation is 2. The third-order valence-electron chi connectivity index (χ3n) is 4.98. The van der Waals surface area contributed by atoms with Crippen LogP contribution >= 0.6 is 12.2 Å². The molecule has 2 aromatic carbocycles. The zero-order chi connectivity index (χ0) is 20.5. The molecule has 6 nitrogen and oxygen atoms in total. The number of benzene rings is 2. The van der Waals surface area contributed by atoms with Gasteiger partial charge in [0.1, 0.15) is 0 Å². The van der Waals surface area contributed by atoms with Crippen molar-refractivity contribution < 1.29 is 0 Å². The van der Waals surface area contributed by atoms with Crippen LogP contribution in [0.3, 0.4) is 0 Å². The lowest BCUT2D eigenvalue weighted by atomic mass is 10.1. The van der Waals surface area contributed by atoms with Gasteiger partial charge in [-0.1, -0.05) is 42.0 Å². The molecule has 29 heavy (non-hydrogen) atoms. The van der Waals surface area contributed by atoms with Crippen molar-refractivity contribution in [3.05, 3.63) is 91.7 Å². The van der Waals surface area contributed by atoms with Crippen molar-refractivity contribution in [3.63, 3.8) is 0 Å². The highest BCUT2D eigenvalue weighted by Gasteiger charge is 2.11. The molecule has 0 spiro atoms. The number of nitrogens with one attached hydrogen (secondary N) is 1. The average molecular weight is 404 g/mol. The highest BCUT2D eigenvalue weighted by molar-refractivity contribution is 7.71. The molecule has 4 rings (SSSR count). The van der Waals surface area contributed by atoms with E-state index in [1.807, 2.05) is 36.7 Å². The van der Waals surface area contributed by atoms with E-state index in [1.165, 1.54) is 15.8 Å². The second-order valence-corrected chi connectivity index (χ2v) is 7.45. The summed E-state index contributed by atoms with van der Waals surface area (Å²) < 4.78 is 3.42. The van der Waals surface area contributed by atoms with E-state index in [0.29, 0.717) is 17.4 Å². The van der Waals surface area contributed by atoms with Gasteiger partial charge in [0.25, 0.3) is 5.56 Å². The normalized spacial score (nSPS) is 11.6. The molecule has 0 saturated carbocycles. The molecular weight excluding hydrogens is 382 g/mol. The Bertz CT molecular complexity index is 1340. The maximum atomic E-state index is 12.8. The molecule has 0 aliphatic rings. The monoisotopic (exact) mass is 403 g/mol. The number of para-hydroxylation sites is 1. The molecule has 0 aliphatic heterocycles. The summed E-state index contributed by atoms with van der Waals surface area (Å²) in [5.74, 6) is 0. The second kappa shape index (κ2) is 7.60. The first-order chi connectivity index (χ1) is 13.9. The highest BCUT2D eigenvalue weighted by atomic mass is 32.1. The number of hydrogen-bond donors (Lipinski definition) is 1. The zero-order valence-electron chi connectivity index (χ0n) is 16.5. The first-order valence-corrected chi connectivity index (χ1v) is 9.73. The molecule has 1 N–H and O–H groups in total. The fourth-order valence-corrected chi connectivity index (χ4v) is 3.53. The van der Waals surface area contributed by atoms with Crippen molar-refractivity contribution >= 4 is 29.3 Å². The lowest BCUT2D eigenvalue weighted by Crippen LogP contribution is -2.18. The Hall–Kier alpha value is -3.32. The lowest BCUT2D eigenvalue weighted by Gasteiger charge is -2.05. The Morgan fingerprint density at radius 2 is 1.83 bits per heavy atom. The topological polar surface area (TPSA) is 68.0 Å². The number of rotatable bonds is 4. The zero-order valence-corrected chi connectivity index (χ0v) is 17.3. The van der Waals surface area contributed by atoms with Crippen LogP contribution in [-0.2, 0) is 6.54 Å². The van der Waals surface area contributed by atoms with E-state index >= 15 is 0 Å². The first-order valence-electron chi connectivity index (χ1n) is 9.32. The molecule has 0 atom stereocenters. The van der Waals surface area contributed by atoms with Crippen LogP contribution < -0.4 is 5.56 Å². The van der Waals surface area contributed by atoms with E-state index in [1.54, 1.807) is 12.3 Å². The summed E-state index contributed by atoms with van der Waals surface area (Å²) in [7, 11) is 0. The van der Waals surface area contributed by atoms with Crippen LogP contribution in [0, 0.1) is 25.5 Å². The fraction of sp³-hybridized carbons (Fsp3) is 0.182. The number of fused-ring (bicyclic) bond motifs is 1. The smallest absolute Gasteiger partial charge is 0.282 e. The predicted molar refractivity (Wildman–Crippen MR) is 118 cm³/mol. The quantitative estimate of drug-likeness (QED) is 0.412. The lowest BCUT2D eigenvalue weighted by molar-refractivity contribution is 0.659. The van der Waals surface area contributed by atoms with Gasteiger partial charge in [-0.3, -0.25) is 9.48 Å². The summed E-state index contributed by atoms with van der Waals surface area (Å²) in [6.45, 7) is 6.68. The minimum absolute atomic E-state index is 0.247. The van der Waals surface area contributed by atoms with Crippen molar-refractivity contribution in [3.8, 4) is 0 Å². The molecule has 0 saturated heterocycles. The minimum atomic E-state index is -0.247. The Morgan fingerprint density at radius 3 is 2.59 bits per heavy atom. The molecule has 0 amide bonds. The van der Waals surface area contributed by atoms with Crippen LogP contribution in [0.5, 0.6) is 0 Å². The van der Waals surface area contributed by atoms with E-state index in [0.717, 1.165) is 17.0 Å². The van der Waals surface area contributed by atoms with E-state index in [4.69, 9.17) is 12.2 Å². The van der Waals surface area contributed by atoms with Crippen LogP contribution in [0.25, 0.3) is 10.9 Å². The summed E-state index contributed by atoms with van der Waals surface area (Å²) >= 11 is 5.32. The molecule has 0 aliphatic carbocycles. The summed E-state index contributed by atoms with van der Waals surface area (Å²) in [4.78, 5) is 15.8. The first kappa shape index (κ1) is 19.0. The van der Waals surface area contributed by atoms with Gasteiger partial charge in [0.05, 0.1) is 29.4 Å². The van der Waals surface area contributed by atoms with Gasteiger partial charge >= 0.3 is 0 Å². The van der Waals surface area contributed by atoms with E-state index in [-0.39, 0.29) is 10.3 Å². The minimum Gasteiger partial charge on any atom is -0.330 e. The van der Waals surface area contributed by atoms with Gasteiger partial charge in [0.2, 0.25) is 4.77 Å². The Kier molecular flexibility index (Phi) is 4.98. The van der Waals surface area contributed by atoms with Gasteiger partial charge < -0.3 is 4.98 Å². The van der Waals surface area contributed by atoms with Gasteiger partial charge in [-0.2, -0.15) is 14.9 Å². The maximum absolute atomic E-state index is 12.8. The molecule has 7 heteroatoms. The molecule has 0 fully saturated rings. The van der Waals surface area contributed by atoms with E-state index in [2.05, 4.69) is 46.4 Å². The van der Waals surface area contributed by atoms with Crippen molar-refractivity contribution in [2.75, 3.05) is 0 Å². The molecule has 2 heterocycles. The van der Waals surface area contributed by atoms with Crippen molar-refractivity contribution in [1.29, 1.82) is 0 Å². The standard InChI is InChI=1S/C22H21N5OS/c1-14-8-10-17(11-9-14)13-26-16(3)19(15(2)25-26)12-23-27-21(28)18-6-4-5-7-20(18)24-22(27)29/h4-12H,13H2,1-3H3,(H,24,29).